The Morgan fingerprint density at radius 3 is 2.10 bits per heavy atom. The predicted molar refractivity (Wildman–Crippen MR) is 113 cm³/mol. The Balaban J connectivity index is 1.55. The zero-order valence-electron chi connectivity index (χ0n) is 17.5. The molecule has 7 heteroatoms. The SMILES string of the molecule is CC(C)(C)OC(=O)NC[C@@H](CO)NC(=O)OCC1c2ccccc2-c2ccccc21. The molecule has 30 heavy (non-hydrogen) atoms. The molecular formula is C23H28N2O5. The highest BCUT2D eigenvalue weighted by molar-refractivity contribution is 5.79. The van der Waals surface area contributed by atoms with Gasteiger partial charge in [0.25, 0.3) is 0 Å². The van der Waals surface area contributed by atoms with E-state index >= 15 is 0 Å². The smallest absolute Gasteiger partial charge is 0.407 e. The van der Waals surface area contributed by atoms with Gasteiger partial charge >= 0.3 is 12.2 Å². The van der Waals surface area contributed by atoms with Gasteiger partial charge in [0.05, 0.1) is 12.6 Å². The highest BCUT2D eigenvalue weighted by Crippen LogP contribution is 2.44. The minimum absolute atomic E-state index is 0.0234. The first-order valence-electron chi connectivity index (χ1n) is 9.97. The average Bonchev–Trinajstić information content (AvgIpc) is 3.02. The number of nitrogens with one attached hydrogen (secondary N) is 2. The van der Waals surface area contributed by atoms with Gasteiger partial charge in [-0.15, -0.1) is 0 Å². The van der Waals surface area contributed by atoms with Crippen LogP contribution in [0.5, 0.6) is 0 Å². The van der Waals surface area contributed by atoms with Crippen molar-refractivity contribution in [1.82, 2.24) is 10.6 Å². The molecule has 1 aliphatic rings. The normalized spacial score (nSPS) is 13.7. The summed E-state index contributed by atoms with van der Waals surface area (Å²) in [5.41, 5.74) is 3.92. The van der Waals surface area contributed by atoms with E-state index in [-0.39, 0.29) is 25.7 Å². The van der Waals surface area contributed by atoms with Crippen LogP contribution < -0.4 is 10.6 Å². The summed E-state index contributed by atoms with van der Waals surface area (Å²) < 4.78 is 10.6. The molecule has 0 saturated heterocycles. The number of fused-ring (bicyclic) bond motifs is 3. The van der Waals surface area contributed by atoms with Crippen molar-refractivity contribution in [3.05, 3.63) is 59.7 Å². The average molecular weight is 412 g/mol. The second-order valence-electron chi connectivity index (χ2n) is 8.23. The zero-order chi connectivity index (χ0) is 21.7. The van der Waals surface area contributed by atoms with Crippen LogP contribution in [0.2, 0.25) is 0 Å². The molecule has 2 amide bonds. The molecule has 3 rings (SSSR count). The molecule has 2 aromatic carbocycles. The number of hydrogen-bond acceptors (Lipinski definition) is 5. The molecule has 7 nitrogen and oxygen atoms in total. The Kier molecular flexibility index (Phi) is 6.62. The topological polar surface area (TPSA) is 96.9 Å². The van der Waals surface area contributed by atoms with Gasteiger partial charge in [-0.3, -0.25) is 0 Å². The number of aliphatic hydroxyl groups excluding tert-OH is 1. The predicted octanol–water partition coefficient (Wildman–Crippen LogP) is 3.41. The lowest BCUT2D eigenvalue weighted by Gasteiger charge is -2.22. The van der Waals surface area contributed by atoms with Gasteiger partial charge in [-0.2, -0.15) is 0 Å². The minimum Gasteiger partial charge on any atom is -0.449 e. The van der Waals surface area contributed by atoms with Crippen molar-refractivity contribution in [2.75, 3.05) is 19.8 Å². The van der Waals surface area contributed by atoms with E-state index < -0.39 is 23.8 Å². The molecule has 1 aliphatic carbocycles. The highest BCUT2D eigenvalue weighted by atomic mass is 16.6. The summed E-state index contributed by atoms with van der Waals surface area (Å²) in [4.78, 5) is 24.0. The standard InChI is InChI=1S/C23H28N2O5/c1-23(2,3)30-21(27)24-12-15(13-26)25-22(28)29-14-20-18-10-6-4-8-16(18)17-9-5-7-11-19(17)20/h4-11,15,20,26H,12-14H2,1-3H3,(H,24,27)(H,25,28)/t15-/m0/s1. The third kappa shape index (κ3) is 5.30. The lowest BCUT2D eigenvalue weighted by atomic mass is 9.98. The molecule has 0 aliphatic heterocycles. The van der Waals surface area contributed by atoms with Crippen LogP contribution >= 0.6 is 0 Å². The Bertz CT molecular complexity index is 861. The van der Waals surface area contributed by atoms with Crippen molar-refractivity contribution >= 4 is 12.2 Å². The van der Waals surface area contributed by atoms with Crippen LogP contribution in [0.4, 0.5) is 9.59 Å². The summed E-state index contributed by atoms with van der Waals surface area (Å²) in [5, 5.41) is 14.6. The maximum absolute atomic E-state index is 12.3. The molecule has 0 saturated carbocycles. The summed E-state index contributed by atoms with van der Waals surface area (Å²) in [5.74, 6) is -0.0457. The van der Waals surface area contributed by atoms with Crippen molar-refractivity contribution in [2.45, 2.75) is 38.3 Å². The van der Waals surface area contributed by atoms with Gasteiger partial charge in [-0.25, -0.2) is 9.59 Å². The van der Waals surface area contributed by atoms with Crippen LogP contribution in [0.3, 0.4) is 0 Å². The molecule has 0 radical (unpaired) electrons. The lowest BCUT2D eigenvalue weighted by molar-refractivity contribution is 0.0515. The number of rotatable bonds is 6. The van der Waals surface area contributed by atoms with E-state index in [1.165, 1.54) is 0 Å². The van der Waals surface area contributed by atoms with Crippen LogP contribution in [-0.2, 0) is 9.47 Å². The van der Waals surface area contributed by atoms with Gasteiger partial charge in [0, 0.05) is 12.5 Å². The van der Waals surface area contributed by atoms with Gasteiger partial charge < -0.3 is 25.2 Å². The monoisotopic (exact) mass is 412 g/mol. The van der Waals surface area contributed by atoms with Crippen molar-refractivity contribution in [3.63, 3.8) is 0 Å². The van der Waals surface area contributed by atoms with Gasteiger partial charge in [0.2, 0.25) is 0 Å². The quantitative estimate of drug-likeness (QED) is 0.676. The first-order valence-corrected chi connectivity index (χ1v) is 9.97. The summed E-state index contributed by atoms with van der Waals surface area (Å²) >= 11 is 0. The number of ether oxygens (including phenoxy) is 2. The molecule has 0 unspecified atom stereocenters. The van der Waals surface area contributed by atoms with E-state index in [0.717, 1.165) is 22.3 Å². The van der Waals surface area contributed by atoms with Crippen LogP contribution in [0.15, 0.2) is 48.5 Å². The maximum Gasteiger partial charge on any atom is 0.407 e. The molecule has 0 bridgehead atoms. The molecule has 160 valence electrons. The number of aliphatic hydroxyl groups is 1. The van der Waals surface area contributed by atoms with Gasteiger partial charge in [0.15, 0.2) is 0 Å². The van der Waals surface area contributed by atoms with E-state index in [1.54, 1.807) is 20.8 Å². The molecule has 1 atom stereocenters. The zero-order valence-corrected chi connectivity index (χ0v) is 17.5. The fourth-order valence-electron chi connectivity index (χ4n) is 3.49. The first-order chi connectivity index (χ1) is 14.3. The lowest BCUT2D eigenvalue weighted by Crippen LogP contribution is -2.47. The van der Waals surface area contributed by atoms with E-state index in [2.05, 4.69) is 22.8 Å². The third-order valence-electron chi connectivity index (χ3n) is 4.78. The molecule has 3 N–H and O–H groups in total. The highest BCUT2D eigenvalue weighted by Gasteiger charge is 2.29. The fourth-order valence-corrected chi connectivity index (χ4v) is 3.49. The minimum atomic E-state index is -0.687. The number of amides is 2. The van der Waals surface area contributed by atoms with Crippen molar-refractivity contribution in [1.29, 1.82) is 0 Å². The van der Waals surface area contributed by atoms with Crippen LogP contribution in [-0.4, -0.2) is 48.7 Å². The molecular weight excluding hydrogens is 384 g/mol. The number of alkyl carbamates (subject to hydrolysis) is 2. The van der Waals surface area contributed by atoms with Gasteiger partial charge in [-0.1, -0.05) is 48.5 Å². The molecule has 0 fully saturated rings. The van der Waals surface area contributed by atoms with Crippen molar-refractivity contribution < 1.29 is 24.2 Å². The second-order valence-corrected chi connectivity index (χ2v) is 8.23. The van der Waals surface area contributed by atoms with Crippen LogP contribution in [0.1, 0.15) is 37.8 Å². The summed E-state index contributed by atoms with van der Waals surface area (Å²) in [6.45, 7) is 5.12. The second kappa shape index (κ2) is 9.17. The Morgan fingerprint density at radius 2 is 1.57 bits per heavy atom. The van der Waals surface area contributed by atoms with Gasteiger partial charge in [0.1, 0.15) is 12.2 Å². The Hall–Kier alpha value is -3.06. The summed E-state index contributed by atoms with van der Waals surface area (Å²) in [7, 11) is 0. The number of carbonyl (C=O) groups excluding carboxylic acids is 2. The Morgan fingerprint density at radius 1 is 1.00 bits per heavy atom. The van der Waals surface area contributed by atoms with Crippen molar-refractivity contribution in [2.24, 2.45) is 0 Å². The van der Waals surface area contributed by atoms with E-state index in [0.29, 0.717) is 0 Å². The maximum atomic E-state index is 12.3. The van der Waals surface area contributed by atoms with Crippen molar-refractivity contribution in [3.8, 4) is 11.1 Å². The molecule has 0 heterocycles. The van der Waals surface area contributed by atoms with E-state index in [4.69, 9.17) is 9.47 Å². The van der Waals surface area contributed by atoms with E-state index in [9.17, 15) is 14.7 Å². The number of carbonyl (C=O) groups is 2. The summed E-state index contributed by atoms with van der Waals surface area (Å²) in [6.07, 6.45) is -1.27. The van der Waals surface area contributed by atoms with Crippen LogP contribution in [0.25, 0.3) is 11.1 Å². The molecule has 0 spiro atoms. The van der Waals surface area contributed by atoms with Gasteiger partial charge in [-0.05, 0) is 43.0 Å². The third-order valence-corrected chi connectivity index (χ3v) is 4.78. The molecule has 2 aromatic rings. The molecule has 0 aromatic heterocycles. The first kappa shape index (κ1) is 21.6. The number of hydrogen-bond donors (Lipinski definition) is 3. The number of benzene rings is 2. The Labute approximate surface area is 176 Å². The van der Waals surface area contributed by atoms with E-state index in [1.807, 2.05) is 36.4 Å². The van der Waals surface area contributed by atoms with Crippen LogP contribution in [0, 0.1) is 0 Å². The summed E-state index contributed by atoms with van der Waals surface area (Å²) in [6, 6.07) is 15.5. The fraction of sp³-hybridized carbons (Fsp3) is 0.391. The largest absolute Gasteiger partial charge is 0.449 e.